The molecule has 1 aromatic rings. The van der Waals surface area contributed by atoms with E-state index in [1.165, 1.54) is 12.3 Å². The zero-order valence-corrected chi connectivity index (χ0v) is 10.5. The first-order chi connectivity index (χ1) is 7.98. The normalized spacial score (nSPS) is 17.1. The minimum Gasteiger partial charge on any atom is -0.397 e. The molecule has 1 saturated heterocycles. The van der Waals surface area contributed by atoms with Crippen molar-refractivity contribution in [2.75, 3.05) is 30.2 Å². The molecule has 0 spiro atoms. The summed E-state index contributed by atoms with van der Waals surface area (Å²) in [5.41, 5.74) is 7.02. The van der Waals surface area contributed by atoms with Crippen LogP contribution in [0.1, 0.15) is 12.8 Å². The summed E-state index contributed by atoms with van der Waals surface area (Å²) >= 11 is 0. The van der Waals surface area contributed by atoms with Crippen molar-refractivity contribution < 1.29 is 13.3 Å². The molecule has 6 heteroatoms. The summed E-state index contributed by atoms with van der Waals surface area (Å²) in [5, 5.41) is 1.73. The van der Waals surface area contributed by atoms with Crippen LogP contribution in [-0.4, -0.2) is 27.8 Å². The van der Waals surface area contributed by atoms with Gasteiger partial charge in [0.2, 0.25) is 0 Å². The van der Waals surface area contributed by atoms with E-state index in [1.54, 1.807) is 17.2 Å². The van der Waals surface area contributed by atoms with Gasteiger partial charge in [-0.25, -0.2) is 8.42 Å². The van der Waals surface area contributed by atoms with Crippen LogP contribution < -0.4 is 10.8 Å². The molecule has 1 heterocycles. The fourth-order valence-corrected chi connectivity index (χ4v) is 2.43. The van der Waals surface area contributed by atoms with Gasteiger partial charge in [0.15, 0.2) is 9.84 Å². The van der Waals surface area contributed by atoms with Crippen molar-refractivity contribution in [2.24, 2.45) is 0 Å². The summed E-state index contributed by atoms with van der Waals surface area (Å²) in [5.74, 6) is 0. The first-order valence-corrected chi connectivity index (χ1v) is 7.37. The Morgan fingerprint density at radius 3 is 2.65 bits per heavy atom. The summed E-state index contributed by atoms with van der Waals surface area (Å²) in [6.07, 6.45) is 3.25. The van der Waals surface area contributed by atoms with Crippen LogP contribution in [0.25, 0.3) is 0 Å². The smallest absolute Gasteiger partial charge is 0.175 e. The van der Waals surface area contributed by atoms with Crippen molar-refractivity contribution in [3.05, 3.63) is 18.2 Å². The lowest BCUT2D eigenvalue weighted by Crippen LogP contribution is -2.30. The summed E-state index contributed by atoms with van der Waals surface area (Å²) in [4.78, 5) is 5.71. The molecule has 0 aromatic heterocycles. The third-order valence-electron chi connectivity index (χ3n) is 2.70. The maximum Gasteiger partial charge on any atom is 0.175 e. The second kappa shape index (κ2) is 4.54. The van der Waals surface area contributed by atoms with Gasteiger partial charge in [-0.3, -0.25) is 9.90 Å². The van der Waals surface area contributed by atoms with Gasteiger partial charge in [0.25, 0.3) is 0 Å². The van der Waals surface area contributed by atoms with Crippen LogP contribution in [0.4, 0.5) is 11.4 Å². The van der Waals surface area contributed by atoms with Gasteiger partial charge in [0.1, 0.15) is 0 Å². The molecule has 0 amide bonds. The Hall–Kier alpha value is -1.27. The average Bonchev–Trinajstić information content (AvgIpc) is 2.29. The standard InChI is InChI=1S/C11H16N2O3S/c1-17(14,15)9-4-5-11(10(12)8-9)13-6-2-3-7-16-13/h4-5,8H,2-3,6-7,12H2,1H3. The highest BCUT2D eigenvalue weighted by Crippen LogP contribution is 2.28. The Balaban J connectivity index is 2.31. The molecule has 1 aromatic carbocycles. The Bertz CT molecular complexity index is 507. The van der Waals surface area contributed by atoms with Gasteiger partial charge in [0, 0.05) is 12.8 Å². The van der Waals surface area contributed by atoms with Gasteiger partial charge >= 0.3 is 0 Å². The Labute approximate surface area is 101 Å². The maximum absolute atomic E-state index is 11.4. The van der Waals surface area contributed by atoms with Crippen molar-refractivity contribution in [1.29, 1.82) is 0 Å². The molecule has 17 heavy (non-hydrogen) atoms. The number of hydrogen-bond acceptors (Lipinski definition) is 5. The van der Waals surface area contributed by atoms with Crippen molar-refractivity contribution in [2.45, 2.75) is 17.7 Å². The minimum atomic E-state index is -3.21. The Morgan fingerprint density at radius 2 is 2.12 bits per heavy atom. The zero-order chi connectivity index (χ0) is 12.5. The third kappa shape index (κ3) is 2.70. The van der Waals surface area contributed by atoms with Gasteiger partial charge in [-0.1, -0.05) is 0 Å². The van der Waals surface area contributed by atoms with E-state index < -0.39 is 9.84 Å². The molecule has 2 N–H and O–H groups in total. The molecular weight excluding hydrogens is 240 g/mol. The number of nitrogens with two attached hydrogens (primary N) is 1. The molecule has 5 nitrogen and oxygen atoms in total. The quantitative estimate of drug-likeness (QED) is 0.805. The highest BCUT2D eigenvalue weighted by molar-refractivity contribution is 7.90. The molecule has 0 radical (unpaired) electrons. The highest BCUT2D eigenvalue weighted by atomic mass is 32.2. The number of benzene rings is 1. The van der Waals surface area contributed by atoms with Crippen LogP contribution >= 0.6 is 0 Å². The number of sulfone groups is 1. The lowest BCUT2D eigenvalue weighted by Gasteiger charge is -2.28. The van der Waals surface area contributed by atoms with E-state index in [0.29, 0.717) is 12.3 Å². The topological polar surface area (TPSA) is 72.6 Å². The van der Waals surface area contributed by atoms with Gasteiger partial charge < -0.3 is 5.73 Å². The average molecular weight is 256 g/mol. The van der Waals surface area contributed by atoms with E-state index in [4.69, 9.17) is 10.6 Å². The van der Waals surface area contributed by atoms with Crippen LogP contribution in [0.5, 0.6) is 0 Å². The molecule has 0 saturated carbocycles. The molecule has 0 unspecified atom stereocenters. The van der Waals surface area contributed by atoms with Crippen LogP contribution in [0.3, 0.4) is 0 Å². The fraction of sp³-hybridized carbons (Fsp3) is 0.455. The van der Waals surface area contributed by atoms with E-state index in [-0.39, 0.29) is 4.90 Å². The summed E-state index contributed by atoms with van der Waals surface area (Å²) in [7, 11) is -3.21. The lowest BCUT2D eigenvalue weighted by atomic mass is 10.2. The van der Waals surface area contributed by atoms with Crippen molar-refractivity contribution in [1.82, 2.24) is 0 Å². The van der Waals surface area contributed by atoms with E-state index in [1.807, 2.05) is 0 Å². The molecule has 0 bridgehead atoms. The molecule has 0 aliphatic carbocycles. The van der Waals surface area contributed by atoms with Crippen molar-refractivity contribution >= 4 is 21.2 Å². The number of hydroxylamine groups is 1. The predicted molar refractivity (Wildman–Crippen MR) is 66.5 cm³/mol. The first kappa shape index (κ1) is 12.2. The predicted octanol–water partition coefficient (Wildman–Crippen LogP) is 1.20. The number of anilines is 2. The minimum absolute atomic E-state index is 0.232. The van der Waals surface area contributed by atoms with Crippen LogP contribution in [0.2, 0.25) is 0 Å². The molecule has 1 aliphatic rings. The second-order valence-electron chi connectivity index (χ2n) is 4.14. The second-order valence-corrected chi connectivity index (χ2v) is 6.15. The molecule has 2 rings (SSSR count). The highest BCUT2D eigenvalue weighted by Gasteiger charge is 2.16. The number of rotatable bonds is 2. The maximum atomic E-state index is 11.4. The SMILES string of the molecule is CS(=O)(=O)c1ccc(N2CCCCO2)c(N)c1. The van der Waals surface area contributed by atoms with Crippen LogP contribution in [0.15, 0.2) is 23.1 Å². The monoisotopic (exact) mass is 256 g/mol. The Kier molecular flexibility index (Phi) is 3.26. The van der Waals surface area contributed by atoms with Crippen LogP contribution in [0, 0.1) is 0 Å². The molecule has 1 aliphatic heterocycles. The lowest BCUT2D eigenvalue weighted by molar-refractivity contribution is 0.0781. The van der Waals surface area contributed by atoms with Gasteiger partial charge in [-0.05, 0) is 31.0 Å². The van der Waals surface area contributed by atoms with E-state index >= 15 is 0 Å². The Morgan fingerprint density at radius 1 is 1.35 bits per heavy atom. The zero-order valence-electron chi connectivity index (χ0n) is 9.72. The summed E-state index contributed by atoms with van der Waals surface area (Å²) < 4.78 is 22.7. The molecule has 94 valence electrons. The summed E-state index contributed by atoms with van der Waals surface area (Å²) in [6.45, 7) is 1.45. The van der Waals surface area contributed by atoms with Gasteiger partial charge in [-0.2, -0.15) is 0 Å². The number of hydrogen-bond donors (Lipinski definition) is 1. The van der Waals surface area contributed by atoms with E-state index in [0.717, 1.165) is 25.1 Å². The summed E-state index contributed by atoms with van der Waals surface area (Å²) in [6, 6.07) is 4.72. The van der Waals surface area contributed by atoms with E-state index in [9.17, 15) is 8.42 Å². The molecule has 1 fully saturated rings. The van der Waals surface area contributed by atoms with Crippen LogP contribution in [-0.2, 0) is 14.7 Å². The van der Waals surface area contributed by atoms with E-state index in [2.05, 4.69) is 0 Å². The van der Waals surface area contributed by atoms with Gasteiger partial charge in [-0.15, -0.1) is 0 Å². The van der Waals surface area contributed by atoms with Crippen molar-refractivity contribution in [3.63, 3.8) is 0 Å². The number of nitrogens with zero attached hydrogens (tertiary/aromatic N) is 1. The number of nitrogen functional groups attached to an aromatic ring is 1. The first-order valence-electron chi connectivity index (χ1n) is 5.48. The fourth-order valence-electron chi connectivity index (χ4n) is 1.78. The molecular formula is C11H16N2O3S. The third-order valence-corrected chi connectivity index (χ3v) is 3.81. The molecule has 0 atom stereocenters. The van der Waals surface area contributed by atoms with Gasteiger partial charge in [0.05, 0.1) is 22.9 Å². The van der Waals surface area contributed by atoms with Crippen molar-refractivity contribution in [3.8, 4) is 0 Å². The largest absolute Gasteiger partial charge is 0.397 e.